The topological polar surface area (TPSA) is 46.2 Å². The van der Waals surface area contributed by atoms with Crippen LogP contribution in [0.3, 0.4) is 0 Å². The molecule has 1 N–H and O–H groups in total. The summed E-state index contributed by atoms with van der Waals surface area (Å²) in [5.74, 6) is 2.47. The van der Waals surface area contributed by atoms with Crippen molar-refractivity contribution in [3.63, 3.8) is 0 Å². The van der Waals surface area contributed by atoms with Gasteiger partial charge in [0.15, 0.2) is 0 Å². The van der Waals surface area contributed by atoms with Crippen LogP contribution in [-0.4, -0.2) is 13.7 Å². The van der Waals surface area contributed by atoms with Crippen LogP contribution >= 0.6 is 0 Å². The summed E-state index contributed by atoms with van der Waals surface area (Å²) in [5, 5.41) is -0.204. The first-order chi connectivity index (χ1) is 7.12. The highest BCUT2D eigenvalue weighted by atomic mass is 32.2. The highest BCUT2D eigenvalue weighted by molar-refractivity contribution is 7.93. The number of rotatable bonds is 3. The summed E-state index contributed by atoms with van der Waals surface area (Å²) in [4.78, 5) is 0. The predicted octanol–water partition coefficient (Wildman–Crippen LogP) is 1.57. The van der Waals surface area contributed by atoms with E-state index in [4.69, 9.17) is 6.42 Å². The molecule has 15 heavy (non-hydrogen) atoms. The zero-order valence-corrected chi connectivity index (χ0v) is 8.92. The summed E-state index contributed by atoms with van der Waals surface area (Å²) in [6.07, 6.45) is 6.72. The van der Waals surface area contributed by atoms with Crippen molar-refractivity contribution in [2.24, 2.45) is 0 Å². The van der Waals surface area contributed by atoms with Crippen LogP contribution < -0.4 is 4.72 Å². The fourth-order valence-corrected chi connectivity index (χ4v) is 2.65. The van der Waals surface area contributed by atoms with Gasteiger partial charge in [-0.25, -0.2) is 8.42 Å². The van der Waals surface area contributed by atoms with E-state index < -0.39 is 10.0 Å². The lowest BCUT2D eigenvalue weighted by atomic mass is 10.2. The maximum atomic E-state index is 11.6. The maximum absolute atomic E-state index is 11.6. The summed E-state index contributed by atoms with van der Waals surface area (Å²) in [5.41, 5.74) is 1.31. The Morgan fingerprint density at radius 3 is 2.33 bits per heavy atom. The van der Waals surface area contributed by atoms with Crippen LogP contribution in [0.1, 0.15) is 18.4 Å². The SMILES string of the molecule is C#Cc1ccc(NS(=O)(=O)C2CC2)cc1. The lowest BCUT2D eigenvalue weighted by molar-refractivity contribution is 0.600. The average molecular weight is 221 g/mol. The largest absolute Gasteiger partial charge is 0.283 e. The van der Waals surface area contributed by atoms with Crippen LogP contribution in [0.5, 0.6) is 0 Å². The monoisotopic (exact) mass is 221 g/mol. The van der Waals surface area contributed by atoms with Crippen LogP contribution in [0.2, 0.25) is 0 Å². The lowest BCUT2D eigenvalue weighted by Crippen LogP contribution is -2.17. The van der Waals surface area contributed by atoms with Gasteiger partial charge in [0, 0.05) is 11.3 Å². The molecule has 0 radical (unpaired) electrons. The average Bonchev–Trinajstić information content (AvgIpc) is 3.01. The second kappa shape index (κ2) is 3.59. The summed E-state index contributed by atoms with van der Waals surface area (Å²) in [7, 11) is -3.16. The third-order valence-corrected chi connectivity index (χ3v) is 4.14. The van der Waals surface area contributed by atoms with Crippen molar-refractivity contribution in [2.75, 3.05) is 4.72 Å². The number of hydrogen-bond donors (Lipinski definition) is 1. The molecule has 0 atom stereocenters. The van der Waals surface area contributed by atoms with E-state index in [1.54, 1.807) is 24.3 Å². The minimum atomic E-state index is -3.16. The van der Waals surface area contributed by atoms with Crippen molar-refractivity contribution in [3.8, 4) is 12.3 Å². The summed E-state index contributed by atoms with van der Waals surface area (Å²) < 4.78 is 25.7. The van der Waals surface area contributed by atoms with Crippen molar-refractivity contribution in [3.05, 3.63) is 29.8 Å². The molecule has 78 valence electrons. The first-order valence-corrected chi connectivity index (χ1v) is 6.25. The van der Waals surface area contributed by atoms with Gasteiger partial charge in [-0.3, -0.25) is 4.72 Å². The number of nitrogens with one attached hydrogen (secondary N) is 1. The molecule has 1 aromatic carbocycles. The van der Waals surface area contributed by atoms with Gasteiger partial charge in [0.2, 0.25) is 10.0 Å². The van der Waals surface area contributed by atoms with Crippen LogP contribution in [0.25, 0.3) is 0 Å². The van der Waals surface area contributed by atoms with Gasteiger partial charge in [-0.15, -0.1) is 6.42 Å². The van der Waals surface area contributed by atoms with E-state index in [9.17, 15) is 8.42 Å². The Bertz CT molecular complexity index is 492. The molecule has 1 aliphatic carbocycles. The maximum Gasteiger partial charge on any atom is 0.235 e. The van der Waals surface area contributed by atoms with Crippen LogP contribution in [-0.2, 0) is 10.0 Å². The van der Waals surface area contributed by atoms with Crippen LogP contribution in [0.4, 0.5) is 5.69 Å². The Morgan fingerprint density at radius 2 is 1.87 bits per heavy atom. The third-order valence-electron chi connectivity index (χ3n) is 2.27. The highest BCUT2D eigenvalue weighted by Gasteiger charge is 2.35. The predicted molar refractivity (Wildman–Crippen MR) is 59.9 cm³/mol. The van der Waals surface area contributed by atoms with Crippen LogP contribution in [0, 0.1) is 12.3 Å². The molecule has 0 amide bonds. The van der Waals surface area contributed by atoms with Crippen molar-refractivity contribution in [2.45, 2.75) is 18.1 Å². The fourth-order valence-electron chi connectivity index (χ4n) is 1.26. The molecule has 0 spiro atoms. The first-order valence-electron chi connectivity index (χ1n) is 4.70. The van der Waals surface area contributed by atoms with Gasteiger partial charge in [0.05, 0.1) is 5.25 Å². The number of sulfonamides is 1. The zero-order chi connectivity index (χ0) is 10.9. The standard InChI is InChI=1S/C11H11NO2S/c1-2-9-3-5-10(6-4-9)12-15(13,14)11-7-8-11/h1,3-6,11-12H,7-8H2. The number of hydrogen-bond acceptors (Lipinski definition) is 2. The van der Waals surface area contributed by atoms with E-state index in [2.05, 4.69) is 10.6 Å². The van der Waals surface area contributed by atoms with Gasteiger partial charge in [0.1, 0.15) is 0 Å². The molecule has 3 nitrogen and oxygen atoms in total. The van der Waals surface area contributed by atoms with E-state index in [1.807, 2.05) is 0 Å². The summed E-state index contributed by atoms with van der Waals surface area (Å²) >= 11 is 0. The Hall–Kier alpha value is -1.47. The van der Waals surface area contributed by atoms with Crippen molar-refractivity contribution in [1.29, 1.82) is 0 Å². The first kappa shape index (κ1) is 10.1. The van der Waals surface area contributed by atoms with E-state index in [-0.39, 0.29) is 5.25 Å². The summed E-state index contributed by atoms with van der Waals surface area (Å²) in [6.45, 7) is 0. The molecule has 2 rings (SSSR count). The van der Waals surface area contributed by atoms with E-state index in [0.717, 1.165) is 18.4 Å². The normalized spacial score (nSPS) is 15.7. The zero-order valence-electron chi connectivity index (χ0n) is 8.10. The Morgan fingerprint density at radius 1 is 1.27 bits per heavy atom. The Balaban J connectivity index is 2.14. The van der Waals surface area contributed by atoms with Crippen molar-refractivity contribution >= 4 is 15.7 Å². The molecule has 4 heteroatoms. The van der Waals surface area contributed by atoms with Gasteiger partial charge in [-0.2, -0.15) is 0 Å². The lowest BCUT2D eigenvalue weighted by Gasteiger charge is -2.06. The van der Waals surface area contributed by atoms with E-state index in [1.165, 1.54) is 0 Å². The quantitative estimate of drug-likeness (QED) is 0.787. The minimum absolute atomic E-state index is 0.204. The van der Waals surface area contributed by atoms with Gasteiger partial charge < -0.3 is 0 Å². The molecule has 0 bridgehead atoms. The molecule has 1 fully saturated rings. The van der Waals surface area contributed by atoms with Gasteiger partial charge in [0.25, 0.3) is 0 Å². The fraction of sp³-hybridized carbons (Fsp3) is 0.273. The third kappa shape index (κ3) is 2.31. The molecule has 1 aromatic rings. The van der Waals surface area contributed by atoms with E-state index in [0.29, 0.717) is 5.69 Å². The molecule has 1 saturated carbocycles. The second-order valence-corrected chi connectivity index (χ2v) is 5.53. The molecule has 0 aromatic heterocycles. The molecule has 0 unspecified atom stereocenters. The van der Waals surface area contributed by atoms with Gasteiger partial charge in [-0.1, -0.05) is 5.92 Å². The number of benzene rings is 1. The second-order valence-electron chi connectivity index (χ2n) is 3.57. The summed E-state index contributed by atoms with van der Waals surface area (Å²) in [6, 6.07) is 6.78. The Kier molecular flexibility index (Phi) is 2.41. The number of anilines is 1. The van der Waals surface area contributed by atoms with Gasteiger partial charge in [-0.05, 0) is 37.1 Å². The van der Waals surface area contributed by atoms with Gasteiger partial charge >= 0.3 is 0 Å². The molecular formula is C11H11NO2S. The molecule has 0 heterocycles. The van der Waals surface area contributed by atoms with Crippen molar-refractivity contribution in [1.82, 2.24) is 0 Å². The van der Waals surface area contributed by atoms with Crippen molar-refractivity contribution < 1.29 is 8.42 Å². The number of terminal acetylenes is 1. The molecule has 0 saturated heterocycles. The highest BCUT2D eigenvalue weighted by Crippen LogP contribution is 2.29. The molecule has 0 aliphatic heterocycles. The Labute approximate surface area is 89.6 Å². The molecular weight excluding hydrogens is 210 g/mol. The smallest absolute Gasteiger partial charge is 0.235 e. The van der Waals surface area contributed by atoms with E-state index >= 15 is 0 Å². The minimum Gasteiger partial charge on any atom is -0.283 e. The molecule has 1 aliphatic rings. The van der Waals surface area contributed by atoms with Crippen LogP contribution in [0.15, 0.2) is 24.3 Å².